The second-order valence-corrected chi connectivity index (χ2v) is 9.67. The Hall–Kier alpha value is -0.380. The zero-order valence-corrected chi connectivity index (χ0v) is 22.4. The Morgan fingerprint density at radius 2 is 1.39 bits per heavy atom. The molecule has 0 spiro atoms. The summed E-state index contributed by atoms with van der Waals surface area (Å²) in [6, 6.07) is 0. The van der Waals surface area contributed by atoms with Crippen molar-refractivity contribution in [2.24, 2.45) is 0 Å². The van der Waals surface area contributed by atoms with E-state index in [0.29, 0.717) is 16.4 Å². The van der Waals surface area contributed by atoms with Gasteiger partial charge < -0.3 is 35.8 Å². The predicted octanol–water partition coefficient (Wildman–Crippen LogP) is -1.01. The quantitative estimate of drug-likeness (QED) is 0.174. The van der Waals surface area contributed by atoms with E-state index in [1.54, 1.807) is 0 Å². The number of hydrogen-bond donors (Lipinski definition) is 6. The molecule has 2 rings (SSSR count). The van der Waals surface area contributed by atoms with Crippen LogP contribution in [0.15, 0.2) is 0 Å². The molecule has 1 saturated heterocycles. The van der Waals surface area contributed by atoms with Gasteiger partial charge in [0.2, 0.25) is 0 Å². The van der Waals surface area contributed by atoms with Crippen LogP contribution in [0.4, 0.5) is 5.69 Å². The van der Waals surface area contributed by atoms with Crippen LogP contribution in [0.5, 0.6) is 0 Å². The molecule has 1 aromatic carbocycles. The number of amides is 3. The summed E-state index contributed by atoms with van der Waals surface area (Å²) in [5.41, 5.74) is 0.577. The standard InChI is InChI=1S/C17H20I3N3O8/c18-12-10(16(29)21-1-7(26)3-24)13(19)15(23-6-31-5-9(23)28)14(20)11(12)17(30)22-2-8(27)4-25/h7-8,24-27H,1-6H2,(H,21,29)(H,22,30). The summed E-state index contributed by atoms with van der Waals surface area (Å²) in [4.78, 5) is 39.4. The van der Waals surface area contributed by atoms with E-state index in [1.165, 1.54) is 4.90 Å². The zero-order chi connectivity index (χ0) is 23.3. The molecule has 6 N–H and O–H groups in total. The highest BCUT2D eigenvalue weighted by atomic mass is 127. The van der Waals surface area contributed by atoms with Crippen LogP contribution in [0.1, 0.15) is 20.7 Å². The van der Waals surface area contributed by atoms with Crippen molar-refractivity contribution in [2.75, 3.05) is 44.5 Å². The average molecular weight is 775 g/mol. The molecule has 2 unspecified atom stereocenters. The van der Waals surface area contributed by atoms with E-state index in [0.717, 1.165) is 0 Å². The van der Waals surface area contributed by atoms with Crippen LogP contribution in [0.3, 0.4) is 0 Å². The Labute approximate surface area is 218 Å². The molecule has 3 amide bonds. The van der Waals surface area contributed by atoms with Gasteiger partial charge in [-0.2, -0.15) is 0 Å². The van der Waals surface area contributed by atoms with E-state index in [9.17, 15) is 24.6 Å². The van der Waals surface area contributed by atoms with Gasteiger partial charge in [0.1, 0.15) is 13.3 Å². The number of ether oxygens (including phenoxy) is 1. The Balaban J connectivity index is 2.56. The van der Waals surface area contributed by atoms with E-state index in [4.69, 9.17) is 14.9 Å². The van der Waals surface area contributed by atoms with E-state index >= 15 is 0 Å². The predicted molar refractivity (Wildman–Crippen MR) is 134 cm³/mol. The molecule has 1 aromatic rings. The lowest BCUT2D eigenvalue weighted by Gasteiger charge is -2.24. The second-order valence-electron chi connectivity index (χ2n) is 6.43. The molecule has 0 radical (unpaired) electrons. The number of aliphatic hydroxyl groups excluding tert-OH is 4. The van der Waals surface area contributed by atoms with Crippen molar-refractivity contribution in [2.45, 2.75) is 12.2 Å². The maximum absolute atomic E-state index is 12.9. The molecular formula is C17H20I3N3O8. The number of carbonyl (C=O) groups is 3. The molecule has 0 saturated carbocycles. The summed E-state index contributed by atoms with van der Waals surface area (Å²) in [6.07, 6.45) is -2.31. The first-order valence-electron chi connectivity index (χ1n) is 8.86. The van der Waals surface area contributed by atoms with Gasteiger partial charge in [0.15, 0.2) is 0 Å². The minimum atomic E-state index is -1.15. The summed E-state index contributed by atoms with van der Waals surface area (Å²) >= 11 is 5.68. The molecular weight excluding hydrogens is 755 g/mol. The van der Waals surface area contributed by atoms with Crippen molar-refractivity contribution < 1.29 is 39.5 Å². The SMILES string of the molecule is O=C(NCC(O)CO)c1c(I)c(C(=O)NCC(O)CO)c(I)c(N2COCC2=O)c1I. The molecule has 1 heterocycles. The highest BCUT2D eigenvalue weighted by Gasteiger charge is 2.34. The van der Waals surface area contributed by atoms with Crippen molar-refractivity contribution in [3.8, 4) is 0 Å². The fourth-order valence-electron chi connectivity index (χ4n) is 2.58. The average Bonchev–Trinajstić information content (AvgIpc) is 3.15. The number of benzene rings is 1. The van der Waals surface area contributed by atoms with Gasteiger partial charge in [-0.05, 0) is 67.8 Å². The first kappa shape index (κ1) is 26.9. The molecule has 1 aliphatic heterocycles. The third-order valence-electron chi connectivity index (χ3n) is 4.18. The molecule has 2 atom stereocenters. The number of carbonyl (C=O) groups excluding carboxylic acids is 3. The maximum atomic E-state index is 12.9. The Morgan fingerprint density at radius 1 is 0.935 bits per heavy atom. The van der Waals surface area contributed by atoms with E-state index in [-0.39, 0.29) is 43.5 Å². The van der Waals surface area contributed by atoms with Gasteiger partial charge in [-0.3, -0.25) is 19.3 Å². The van der Waals surface area contributed by atoms with Crippen LogP contribution >= 0.6 is 67.8 Å². The van der Waals surface area contributed by atoms with Crippen molar-refractivity contribution in [3.63, 3.8) is 0 Å². The highest BCUT2D eigenvalue weighted by Crippen LogP contribution is 2.38. The normalized spacial score (nSPS) is 15.7. The lowest BCUT2D eigenvalue weighted by Crippen LogP contribution is -2.38. The molecule has 1 fully saturated rings. The third kappa shape index (κ3) is 6.36. The summed E-state index contributed by atoms with van der Waals surface area (Å²) < 4.78 is 6.32. The topological polar surface area (TPSA) is 169 Å². The van der Waals surface area contributed by atoms with Crippen LogP contribution in [0, 0.1) is 10.7 Å². The van der Waals surface area contributed by atoms with Crippen LogP contribution in [-0.2, 0) is 9.53 Å². The fourth-order valence-corrected chi connectivity index (χ4v) is 7.31. The van der Waals surface area contributed by atoms with Crippen molar-refractivity contribution in [3.05, 3.63) is 21.8 Å². The lowest BCUT2D eigenvalue weighted by atomic mass is 10.1. The van der Waals surface area contributed by atoms with Gasteiger partial charge in [0, 0.05) is 16.7 Å². The number of nitrogens with one attached hydrogen (secondary N) is 2. The summed E-state index contributed by atoms with van der Waals surface area (Å²) in [5.74, 6) is -1.53. The Bertz CT molecular complexity index is 817. The van der Waals surface area contributed by atoms with Crippen LogP contribution < -0.4 is 15.5 Å². The van der Waals surface area contributed by atoms with Gasteiger partial charge in [0.05, 0.1) is 49.4 Å². The summed E-state index contributed by atoms with van der Waals surface area (Å²) in [6.45, 7) is -1.66. The fraction of sp³-hybridized carbons (Fsp3) is 0.471. The van der Waals surface area contributed by atoms with Crippen LogP contribution in [0.2, 0.25) is 0 Å². The molecule has 0 aromatic heterocycles. The molecule has 0 bridgehead atoms. The Kier molecular flexibility index (Phi) is 10.6. The molecule has 172 valence electrons. The van der Waals surface area contributed by atoms with Gasteiger partial charge >= 0.3 is 0 Å². The third-order valence-corrected chi connectivity index (χ3v) is 7.36. The van der Waals surface area contributed by atoms with Gasteiger partial charge in [-0.25, -0.2) is 0 Å². The monoisotopic (exact) mass is 775 g/mol. The molecule has 31 heavy (non-hydrogen) atoms. The minimum absolute atomic E-state index is 0.0417. The highest BCUT2D eigenvalue weighted by molar-refractivity contribution is 14.1. The van der Waals surface area contributed by atoms with Crippen molar-refractivity contribution in [1.29, 1.82) is 0 Å². The first-order chi connectivity index (χ1) is 14.6. The van der Waals surface area contributed by atoms with Crippen LogP contribution in [0.25, 0.3) is 0 Å². The molecule has 1 aliphatic rings. The van der Waals surface area contributed by atoms with Crippen molar-refractivity contribution >= 4 is 91.2 Å². The van der Waals surface area contributed by atoms with Gasteiger partial charge in [-0.1, -0.05) is 0 Å². The van der Waals surface area contributed by atoms with E-state index in [1.807, 2.05) is 67.8 Å². The van der Waals surface area contributed by atoms with Gasteiger partial charge in [-0.15, -0.1) is 0 Å². The number of rotatable bonds is 9. The lowest BCUT2D eigenvalue weighted by molar-refractivity contribution is -0.117. The van der Waals surface area contributed by atoms with Gasteiger partial charge in [0.25, 0.3) is 17.7 Å². The Morgan fingerprint density at radius 3 is 1.74 bits per heavy atom. The number of halogens is 3. The zero-order valence-electron chi connectivity index (χ0n) is 15.9. The molecule has 0 aliphatic carbocycles. The summed E-state index contributed by atoms with van der Waals surface area (Å²) in [5, 5.41) is 42.0. The summed E-state index contributed by atoms with van der Waals surface area (Å²) in [7, 11) is 0. The largest absolute Gasteiger partial charge is 0.394 e. The first-order valence-corrected chi connectivity index (χ1v) is 12.1. The number of aliphatic hydroxyl groups is 4. The molecule has 11 nitrogen and oxygen atoms in total. The molecule has 14 heteroatoms. The number of nitrogens with zero attached hydrogens (tertiary/aromatic N) is 1. The van der Waals surface area contributed by atoms with Crippen molar-refractivity contribution in [1.82, 2.24) is 10.6 Å². The van der Waals surface area contributed by atoms with Crippen LogP contribution in [-0.4, -0.2) is 90.0 Å². The van der Waals surface area contributed by atoms with E-state index < -0.39 is 37.2 Å². The number of anilines is 1. The second kappa shape index (κ2) is 12.2. The maximum Gasteiger partial charge on any atom is 0.255 e. The number of hydrogen-bond acceptors (Lipinski definition) is 8. The minimum Gasteiger partial charge on any atom is -0.394 e. The van der Waals surface area contributed by atoms with E-state index in [2.05, 4.69) is 10.6 Å². The smallest absolute Gasteiger partial charge is 0.255 e.